The lowest BCUT2D eigenvalue weighted by Crippen LogP contribution is -2.25. The van der Waals surface area contributed by atoms with Gasteiger partial charge in [0.1, 0.15) is 0 Å². The molecule has 0 saturated heterocycles. The molecule has 0 aliphatic heterocycles. The van der Waals surface area contributed by atoms with E-state index in [0.29, 0.717) is 23.0 Å². The molecule has 2 aromatic rings. The Balaban J connectivity index is 0.000000538. The normalized spacial score (nSPS) is 13.7. The van der Waals surface area contributed by atoms with Crippen molar-refractivity contribution in [2.75, 3.05) is 0 Å². The molecule has 0 fully saturated rings. The number of aromatic carboxylic acids is 2. The van der Waals surface area contributed by atoms with E-state index in [9.17, 15) is 19.8 Å². The van der Waals surface area contributed by atoms with E-state index in [-0.39, 0.29) is 12.2 Å². The van der Waals surface area contributed by atoms with E-state index in [4.69, 9.17) is 10.2 Å². The molecule has 0 heterocycles. The van der Waals surface area contributed by atoms with E-state index in [1.165, 1.54) is 25.7 Å². The molecule has 0 aliphatic carbocycles. The first-order chi connectivity index (χ1) is 16.6. The molecule has 0 aromatic heterocycles. The van der Waals surface area contributed by atoms with Gasteiger partial charge in [0, 0.05) is 0 Å². The van der Waals surface area contributed by atoms with Crippen molar-refractivity contribution in [1.82, 2.24) is 0 Å². The van der Waals surface area contributed by atoms with E-state index >= 15 is 0 Å². The molecule has 4 atom stereocenters. The Hall–Kier alpha value is -2.70. The number of unbranched alkanes of at least 4 members (excludes halogenated alkanes) is 2. The third-order valence-corrected chi connectivity index (χ3v) is 5.87. The molecule has 4 unspecified atom stereocenters. The average molecular weight is 489 g/mol. The first kappa shape index (κ1) is 32.3. The fourth-order valence-corrected chi connectivity index (χ4v) is 3.59. The number of hydrogen-bond acceptors (Lipinski definition) is 4. The maximum Gasteiger partial charge on any atom is 0.335 e. The van der Waals surface area contributed by atoms with Crippen LogP contribution in [0.1, 0.15) is 93.4 Å². The summed E-state index contributed by atoms with van der Waals surface area (Å²) in [5.74, 6) is -1.05. The fourth-order valence-electron chi connectivity index (χ4n) is 3.59. The first-order valence-corrected chi connectivity index (χ1v) is 12.6. The van der Waals surface area contributed by atoms with Crippen LogP contribution >= 0.6 is 0 Å². The number of hydrogen-bond donors (Lipinski definition) is 4. The van der Waals surface area contributed by atoms with Crippen LogP contribution in [0.3, 0.4) is 0 Å². The van der Waals surface area contributed by atoms with Crippen LogP contribution < -0.4 is 0 Å². The number of aliphatic hydroxyl groups is 2. The van der Waals surface area contributed by atoms with Crippen LogP contribution in [-0.2, 0) is 0 Å². The highest BCUT2D eigenvalue weighted by molar-refractivity contribution is 5.87. The zero-order valence-electron chi connectivity index (χ0n) is 21.6. The van der Waals surface area contributed by atoms with Crippen molar-refractivity contribution in [2.45, 2.75) is 84.8 Å². The van der Waals surface area contributed by atoms with Crippen LogP contribution in [-0.4, -0.2) is 44.6 Å². The van der Waals surface area contributed by atoms with Gasteiger partial charge in [-0.15, -0.1) is 0 Å². The molecular weight excluding hydrogens is 444 g/mol. The van der Waals surface area contributed by atoms with Gasteiger partial charge in [0.05, 0.1) is 23.3 Å². The van der Waals surface area contributed by atoms with Crippen molar-refractivity contribution < 1.29 is 30.0 Å². The van der Waals surface area contributed by atoms with Crippen LogP contribution in [0.15, 0.2) is 60.7 Å². The van der Waals surface area contributed by atoms with Gasteiger partial charge in [-0.05, 0) is 69.2 Å². The Bertz CT molecular complexity index is 722. The van der Waals surface area contributed by atoms with Crippen LogP contribution in [0, 0.1) is 11.8 Å². The summed E-state index contributed by atoms with van der Waals surface area (Å²) in [6.45, 7) is 8.14. The van der Waals surface area contributed by atoms with Gasteiger partial charge in [0.25, 0.3) is 0 Å². The number of benzene rings is 2. The van der Waals surface area contributed by atoms with Gasteiger partial charge < -0.3 is 20.4 Å². The summed E-state index contributed by atoms with van der Waals surface area (Å²) in [6, 6.07) is 16.6. The van der Waals surface area contributed by atoms with Crippen LogP contribution in [0.4, 0.5) is 0 Å². The second-order valence-corrected chi connectivity index (χ2v) is 8.86. The Labute approximate surface area is 210 Å². The highest BCUT2D eigenvalue weighted by Crippen LogP contribution is 2.27. The monoisotopic (exact) mass is 488 g/mol. The summed E-state index contributed by atoms with van der Waals surface area (Å²) in [4.78, 5) is 20.4. The summed E-state index contributed by atoms with van der Waals surface area (Å²) in [6.07, 6.45) is 7.36. The zero-order valence-corrected chi connectivity index (χ0v) is 21.6. The molecule has 0 amide bonds. The largest absolute Gasteiger partial charge is 0.478 e. The molecule has 0 aliphatic rings. The SMILES string of the molecule is CCCCC(CC(CCCC)C(C)O)C(C)O.O=C(O)c1ccccc1.O=C(O)c1ccccc1. The van der Waals surface area contributed by atoms with Crippen LogP contribution in [0.2, 0.25) is 0 Å². The average Bonchev–Trinajstić information content (AvgIpc) is 2.85. The maximum absolute atomic E-state index is 10.2. The predicted molar refractivity (Wildman–Crippen MR) is 141 cm³/mol. The van der Waals surface area contributed by atoms with Gasteiger partial charge in [-0.1, -0.05) is 75.9 Å². The van der Waals surface area contributed by atoms with Gasteiger partial charge in [-0.2, -0.15) is 0 Å². The Morgan fingerprint density at radius 3 is 1.17 bits per heavy atom. The van der Waals surface area contributed by atoms with Gasteiger partial charge in [0.15, 0.2) is 0 Å². The van der Waals surface area contributed by atoms with Crippen molar-refractivity contribution in [1.29, 1.82) is 0 Å². The summed E-state index contributed by atoms with van der Waals surface area (Å²) in [5, 5.41) is 36.4. The molecule has 2 rings (SSSR count). The predicted octanol–water partition coefficient (Wildman–Crippen LogP) is 6.52. The number of carboxylic acids is 2. The molecule has 0 radical (unpaired) electrons. The third kappa shape index (κ3) is 15.8. The molecule has 0 spiro atoms. The second kappa shape index (κ2) is 19.6. The smallest absolute Gasteiger partial charge is 0.335 e. The van der Waals surface area contributed by atoms with Crippen LogP contribution in [0.5, 0.6) is 0 Å². The number of rotatable bonds is 12. The quantitative estimate of drug-likeness (QED) is 0.270. The summed E-state index contributed by atoms with van der Waals surface area (Å²) in [5.41, 5.74) is 0.662. The van der Waals surface area contributed by atoms with Crippen LogP contribution in [0.25, 0.3) is 0 Å². The van der Waals surface area contributed by atoms with Crippen molar-refractivity contribution in [2.24, 2.45) is 11.8 Å². The lowest BCUT2D eigenvalue weighted by Gasteiger charge is -2.27. The molecular formula is C29H44O6. The standard InChI is InChI=1S/C15H32O2.2C7H6O2/c1-5-7-9-14(12(3)16)11-15(13(4)17)10-8-6-2;2*8-7(9)6-4-2-1-3-5-6/h12-17H,5-11H2,1-4H3;2*1-5H,(H,8,9). The highest BCUT2D eigenvalue weighted by atomic mass is 16.4. The minimum absolute atomic E-state index is 0.246. The van der Waals surface area contributed by atoms with Gasteiger partial charge >= 0.3 is 11.9 Å². The summed E-state index contributed by atoms with van der Waals surface area (Å²) >= 11 is 0. The molecule has 0 saturated carbocycles. The molecule has 2 aromatic carbocycles. The molecule has 35 heavy (non-hydrogen) atoms. The van der Waals surface area contributed by atoms with Crippen molar-refractivity contribution in [3.8, 4) is 0 Å². The third-order valence-electron chi connectivity index (χ3n) is 5.87. The maximum atomic E-state index is 10.2. The van der Waals surface area contributed by atoms with E-state index in [2.05, 4.69) is 13.8 Å². The first-order valence-electron chi connectivity index (χ1n) is 12.6. The molecule has 6 nitrogen and oxygen atoms in total. The molecule has 6 heteroatoms. The number of carbonyl (C=O) groups is 2. The molecule has 196 valence electrons. The highest BCUT2D eigenvalue weighted by Gasteiger charge is 2.22. The second-order valence-electron chi connectivity index (χ2n) is 8.86. The lowest BCUT2D eigenvalue weighted by molar-refractivity contribution is 0.0584. The summed E-state index contributed by atoms with van der Waals surface area (Å²) < 4.78 is 0. The van der Waals surface area contributed by atoms with E-state index in [1.807, 2.05) is 13.8 Å². The van der Waals surface area contributed by atoms with E-state index in [1.54, 1.807) is 60.7 Å². The number of carboxylic acid groups (broad SMARTS) is 2. The Morgan fingerprint density at radius 2 is 0.971 bits per heavy atom. The van der Waals surface area contributed by atoms with Crippen molar-refractivity contribution in [3.05, 3.63) is 71.8 Å². The minimum atomic E-state index is -0.879. The Morgan fingerprint density at radius 1 is 0.657 bits per heavy atom. The topological polar surface area (TPSA) is 115 Å². The molecule has 0 bridgehead atoms. The summed E-state index contributed by atoms with van der Waals surface area (Å²) in [7, 11) is 0. The van der Waals surface area contributed by atoms with Gasteiger partial charge in [0.2, 0.25) is 0 Å². The van der Waals surface area contributed by atoms with Gasteiger partial charge in [-0.3, -0.25) is 0 Å². The van der Waals surface area contributed by atoms with Crippen molar-refractivity contribution in [3.63, 3.8) is 0 Å². The number of aliphatic hydroxyl groups excluding tert-OH is 2. The van der Waals surface area contributed by atoms with E-state index in [0.717, 1.165) is 19.3 Å². The zero-order chi connectivity index (χ0) is 26.6. The fraction of sp³-hybridized carbons (Fsp3) is 0.517. The van der Waals surface area contributed by atoms with Gasteiger partial charge in [-0.25, -0.2) is 9.59 Å². The van der Waals surface area contributed by atoms with Crippen molar-refractivity contribution >= 4 is 11.9 Å². The molecule has 4 N–H and O–H groups in total. The Kier molecular flexibility index (Phi) is 18.1. The minimum Gasteiger partial charge on any atom is -0.478 e. The lowest BCUT2D eigenvalue weighted by atomic mass is 9.82. The van der Waals surface area contributed by atoms with E-state index < -0.39 is 11.9 Å².